The third-order valence-corrected chi connectivity index (χ3v) is 3.74. The van der Waals surface area contributed by atoms with Crippen molar-refractivity contribution in [3.63, 3.8) is 0 Å². The number of rotatable bonds is 5. The number of anilines is 1. The molecule has 0 saturated carbocycles. The van der Waals surface area contributed by atoms with Crippen LogP contribution in [-0.2, 0) is 11.2 Å². The summed E-state index contributed by atoms with van der Waals surface area (Å²) in [5.41, 5.74) is 1.36. The van der Waals surface area contributed by atoms with Crippen molar-refractivity contribution in [1.29, 1.82) is 0 Å². The molecule has 2 N–H and O–H groups in total. The van der Waals surface area contributed by atoms with E-state index in [1.54, 1.807) is 25.6 Å². The summed E-state index contributed by atoms with van der Waals surface area (Å²) in [5.74, 6) is 0.378. The minimum atomic E-state index is -0.212. The largest absolute Gasteiger partial charge is 0.497 e. The molecule has 0 saturated heterocycles. The SMILES string of the molecule is CNC(=O)c1ccsc1NC(=O)Cc1ccc(OC)cc1. The third kappa shape index (κ3) is 3.82. The Morgan fingerprint density at radius 2 is 1.90 bits per heavy atom. The van der Waals surface area contributed by atoms with Gasteiger partial charge in [-0.25, -0.2) is 0 Å². The lowest BCUT2D eigenvalue weighted by molar-refractivity contribution is -0.115. The van der Waals surface area contributed by atoms with Crippen molar-refractivity contribution in [3.05, 3.63) is 46.8 Å². The summed E-state index contributed by atoms with van der Waals surface area (Å²) >= 11 is 1.33. The first-order valence-corrected chi connectivity index (χ1v) is 7.24. The second-order valence-electron chi connectivity index (χ2n) is 4.32. The van der Waals surface area contributed by atoms with Gasteiger partial charge in [-0.3, -0.25) is 9.59 Å². The Labute approximate surface area is 126 Å². The molecule has 110 valence electrons. The summed E-state index contributed by atoms with van der Waals surface area (Å²) in [6, 6.07) is 8.99. The highest BCUT2D eigenvalue weighted by Crippen LogP contribution is 2.23. The molecule has 6 heteroatoms. The Morgan fingerprint density at radius 1 is 1.19 bits per heavy atom. The Hall–Kier alpha value is -2.34. The molecular weight excluding hydrogens is 288 g/mol. The molecule has 0 spiro atoms. The number of thiophene rings is 1. The molecule has 0 radical (unpaired) electrons. The van der Waals surface area contributed by atoms with Crippen LogP contribution in [0.4, 0.5) is 5.00 Å². The predicted molar refractivity (Wildman–Crippen MR) is 83.0 cm³/mol. The standard InChI is InChI=1S/C15H16N2O3S/c1-16-14(19)12-7-8-21-15(12)17-13(18)9-10-3-5-11(20-2)6-4-10/h3-8H,9H2,1-2H3,(H,16,19)(H,17,18). The molecule has 5 nitrogen and oxygen atoms in total. The Bertz CT molecular complexity index is 635. The van der Waals surface area contributed by atoms with Gasteiger partial charge in [-0.15, -0.1) is 11.3 Å². The van der Waals surface area contributed by atoms with Crippen LogP contribution >= 0.6 is 11.3 Å². The van der Waals surface area contributed by atoms with Crippen LogP contribution < -0.4 is 15.4 Å². The number of carbonyl (C=O) groups is 2. The summed E-state index contributed by atoms with van der Waals surface area (Å²) in [6.45, 7) is 0. The van der Waals surface area contributed by atoms with Gasteiger partial charge in [-0.2, -0.15) is 0 Å². The molecule has 1 heterocycles. The zero-order valence-electron chi connectivity index (χ0n) is 11.8. The average molecular weight is 304 g/mol. The predicted octanol–water partition coefficient (Wildman–Crippen LogP) is 2.30. The van der Waals surface area contributed by atoms with E-state index >= 15 is 0 Å². The minimum Gasteiger partial charge on any atom is -0.497 e. The van der Waals surface area contributed by atoms with Crippen molar-refractivity contribution < 1.29 is 14.3 Å². The fourth-order valence-corrected chi connectivity index (χ4v) is 2.62. The molecule has 1 aromatic carbocycles. The lowest BCUT2D eigenvalue weighted by atomic mass is 10.1. The number of benzene rings is 1. The molecule has 0 aliphatic rings. The van der Waals surface area contributed by atoms with E-state index < -0.39 is 0 Å². The van der Waals surface area contributed by atoms with Gasteiger partial charge < -0.3 is 15.4 Å². The van der Waals surface area contributed by atoms with Crippen molar-refractivity contribution in [2.75, 3.05) is 19.5 Å². The molecule has 21 heavy (non-hydrogen) atoms. The van der Waals surface area contributed by atoms with Crippen LogP contribution in [0.25, 0.3) is 0 Å². The summed E-state index contributed by atoms with van der Waals surface area (Å²) in [7, 11) is 3.15. The summed E-state index contributed by atoms with van der Waals surface area (Å²) < 4.78 is 5.07. The summed E-state index contributed by atoms with van der Waals surface area (Å²) in [4.78, 5) is 23.7. The Balaban J connectivity index is 2.01. The highest BCUT2D eigenvalue weighted by atomic mass is 32.1. The fraction of sp³-hybridized carbons (Fsp3) is 0.200. The lowest BCUT2D eigenvalue weighted by Crippen LogP contribution is -2.20. The van der Waals surface area contributed by atoms with E-state index in [9.17, 15) is 9.59 Å². The van der Waals surface area contributed by atoms with Crippen molar-refractivity contribution in [3.8, 4) is 5.75 Å². The van der Waals surface area contributed by atoms with Crippen LogP contribution in [0.15, 0.2) is 35.7 Å². The number of nitrogens with one attached hydrogen (secondary N) is 2. The normalized spacial score (nSPS) is 10.0. The van der Waals surface area contributed by atoms with E-state index in [1.807, 2.05) is 24.3 Å². The van der Waals surface area contributed by atoms with Crippen LogP contribution in [0, 0.1) is 0 Å². The number of ether oxygens (including phenoxy) is 1. The van der Waals surface area contributed by atoms with Gasteiger partial charge in [0.05, 0.1) is 19.1 Å². The maximum absolute atomic E-state index is 12.0. The second kappa shape index (κ2) is 6.90. The zero-order chi connectivity index (χ0) is 15.2. The lowest BCUT2D eigenvalue weighted by Gasteiger charge is -2.06. The molecule has 0 unspecified atom stereocenters. The summed E-state index contributed by atoms with van der Waals surface area (Å²) in [6.07, 6.45) is 0.245. The van der Waals surface area contributed by atoms with Gasteiger partial charge in [-0.1, -0.05) is 12.1 Å². The molecule has 2 rings (SSSR count). The first-order valence-electron chi connectivity index (χ1n) is 6.36. The van der Waals surface area contributed by atoms with E-state index in [-0.39, 0.29) is 18.2 Å². The van der Waals surface area contributed by atoms with Crippen LogP contribution in [0.1, 0.15) is 15.9 Å². The quantitative estimate of drug-likeness (QED) is 0.890. The van der Waals surface area contributed by atoms with Crippen molar-refractivity contribution >= 4 is 28.2 Å². The molecule has 0 atom stereocenters. The fourth-order valence-electron chi connectivity index (χ4n) is 1.82. The van der Waals surface area contributed by atoms with E-state index in [2.05, 4.69) is 10.6 Å². The van der Waals surface area contributed by atoms with Gasteiger partial charge in [0.1, 0.15) is 10.8 Å². The first kappa shape index (κ1) is 15.1. The van der Waals surface area contributed by atoms with Crippen molar-refractivity contribution in [2.24, 2.45) is 0 Å². The maximum Gasteiger partial charge on any atom is 0.254 e. The number of amides is 2. The average Bonchev–Trinajstić information content (AvgIpc) is 2.95. The van der Waals surface area contributed by atoms with Gasteiger partial charge in [0, 0.05) is 7.05 Å². The molecule has 0 aliphatic heterocycles. The van der Waals surface area contributed by atoms with E-state index in [0.717, 1.165) is 11.3 Å². The van der Waals surface area contributed by atoms with Gasteiger partial charge in [0.15, 0.2) is 0 Å². The molecule has 0 aliphatic carbocycles. The third-order valence-electron chi connectivity index (χ3n) is 2.91. The van der Waals surface area contributed by atoms with E-state index in [4.69, 9.17) is 4.74 Å². The van der Waals surface area contributed by atoms with Gasteiger partial charge >= 0.3 is 0 Å². The van der Waals surface area contributed by atoms with Gasteiger partial charge in [0.2, 0.25) is 5.91 Å². The van der Waals surface area contributed by atoms with Crippen molar-refractivity contribution in [2.45, 2.75) is 6.42 Å². The number of carbonyl (C=O) groups excluding carboxylic acids is 2. The Morgan fingerprint density at radius 3 is 2.52 bits per heavy atom. The van der Waals surface area contributed by atoms with Crippen LogP contribution in [0.5, 0.6) is 5.75 Å². The Kier molecular flexibility index (Phi) is 4.94. The minimum absolute atomic E-state index is 0.159. The van der Waals surface area contributed by atoms with Gasteiger partial charge in [-0.05, 0) is 29.1 Å². The molecule has 2 amide bonds. The van der Waals surface area contributed by atoms with Crippen LogP contribution in [-0.4, -0.2) is 26.0 Å². The monoisotopic (exact) mass is 304 g/mol. The molecule has 2 aromatic rings. The first-order chi connectivity index (χ1) is 10.1. The topological polar surface area (TPSA) is 67.4 Å². The molecule has 0 bridgehead atoms. The van der Waals surface area contributed by atoms with Gasteiger partial charge in [0.25, 0.3) is 5.91 Å². The summed E-state index contributed by atoms with van der Waals surface area (Å²) in [5, 5.41) is 7.65. The smallest absolute Gasteiger partial charge is 0.254 e. The number of methoxy groups -OCH3 is 1. The highest BCUT2D eigenvalue weighted by Gasteiger charge is 2.14. The van der Waals surface area contributed by atoms with E-state index in [0.29, 0.717) is 10.6 Å². The maximum atomic E-state index is 12.0. The number of hydrogen-bond acceptors (Lipinski definition) is 4. The number of hydrogen-bond donors (Lipinski definition) is 2. The zero-order valence-corrected chi connectivity index (χ0v) is 12.6. The molecule has 1 aromatic heterocycles. The van der Waals surface area contributed by atoms with E-state index in [1.165, 1.54) is 11.3 Å². The second-order valence-corrected chi connectivity index (χ2v) is 5.23. The van der Waals surface area contributed by atoms with Crippen LogP contribution in [0.3, 0.4) is 0 Å². The van der Waals surface area contributed by atoms with Crippen LogP contribution in [0.2, 0.25) is 0 Å². The molecule has 0 fully saturated rings. The highest BCUT2D eigenvalue weighted by molar-refractivity contribution is 7.14. The van der Waals surface area contributed by atoms with Crippen molar-refractivity contribution in [1.82, 2.24) is 5.32 Å². The molecular formula is C15H16N2O3S.